The van der Waals surface area contributed by atoms with Gasteiger partial charge in [0.15, 0.2) is 0 Å². The van der Waals surface area contributed by atoms with Crippen LogP contribution in [0.2, 0.25) is 0 Å². The summed E-state index contributed by atoms with van der Waals surface area (Å²) in [5, 5.41) is 0. The van der Waals surface area contributed by atoms with Gasteiger partial charge >= 0.3 is 5.97 Å². The second-order valence-electron chi connectivity index (χ2n) is 4.67. The van der Waals surface area contributed by atoms with Crippen LogP contribution >= 0.6 is 0 Å². The Labute approximate surface area is 106 Å². The lowest BCUT2D eigenvalue weighted by molar-refractivity contribution is -0.145. The van der Waals surface area contributed by atoms with Crippen molar-refractivity contribution in [2.75, 3.05) is 0 Å². The molecule has 0 aromatic carbocycles. The predicted molar refractivity (Wildman–Crippen MR) is 73.0 cm³/mol. The predicted octanol–water partition coefficient (Wildman–Crippen LogP) is 4.63. The molecule has 0 aliphatic rings. The number of unbranched alkanes of at least 4 members (excludes halogenated alkanes) is 5. The summed E-state index contributed by atoms with van der Waals surface area (Å²) in [6.45, 7) is 5.64. The first-order valence-corrected chi connectivity index (χ1v) is 6.99. The Morgan fingerprint density at radius 3 is 2.41 bits per heavy atom. The van der Waals surface area contributed by atoms with Crippen LogP contribution < -0.4 is 0 Å². The summed E-state index contributed by atoms with van der Waals surface area (Å²) in [4.78, 5) is 10.7. The molecular weight excluding hydrogens is 212 g/mol. The van der Waals surface area contributed by atoms with Crippen molar-refractivity contribution in [3.8, 4) is 0 Å². The van der Waals surface area contributed by atoms with Gasteiger partial charge in [-0.25, -0.2) is 0 Å². The minimum absolute atomic E-state index is 0.0805. The van der Waals surface area contributed by atoms with Crippen LogP contribution in [0.5, 0.6) is 0 Å². The van der Waals surface area contributed by atoms with Crippen LogP contribution in [0.3, 0.4) is 0 Å². The molecule has 1 unspecified atom stereocenters. The molecule has 100 valence electrons. The third-order valence-corrected chi connectivity index (χ3v) is 2.72. The van der Waals surface area contributed by atoms with Gasteiger partial charge in [0.05, 0.1) is 6.10 Å². The van der Waals surface area contributed by atoms with E-state index in [1.54, 1.807) is 0 Å². The van der Waals surface area contributed by atoms with E-state index in [1.165, 1.54) is 45.4 Å². The minimum atomic E-state index is -0.168. The first-order valence-electron chi connectivity index (χ1n) is 6.99. The highest BCUT2D eigenvalue weighted by molar-refractivity contribution is 5.66. The molecule has 0 amide bonds. The van der Waals surface area contributed by atoms with Gasteiger partial charge in [0, 0.05) is 6.92 Å². The quantitative estimate of drug-likeness (QED) is 0.316. The first-order chi connectivity index (χ1) is 8.16. The average molecular weight is 240 g/mol. The van der Waals surface area contributed by atoms with Gasteiger partial charge in [-0.1, -0.05) is 38.3 Å². The summed E-state index contributed by atoms with van der Waals surface area (Å²) in [6.07, 6.45) is 14.3. The van der Waals surface area contributed by atoms with Gasteiger partial charge in [0.25, 0.3) is 0 Å². The Hall–Kier alpha value is -0.790. The highest BCUT2D eigenvalue weighted by Crippen LogP contribution is 2.09. The molecule has 0 aromatic heterocycles. The molecule has 0 aromatic rings. The average Bonchev–Trinajstić information content (AvgIpc) is 2.26. The van der Waals surface area contributed by atoms with Crippen molar-refractivity contribution in [1.82, 2.24) is 0 Å². The fourth-order valence-electron chi connectivity index (χ4n) is 1.79. The molecule has 2 heteroatoms. The molecule has 0 radical (unpaired) electrons. The molecule has 0 aliphatic carbocycles. The molecule has 0 aliphatic heterocycles. The van der Waals surface area contributed by atoms with Crippen LogP contribution in [0.4, 0.5) is 0 Å². The normalized spacial score (nSPS) is 12.9. The lowest BCUT2D eigenvalue weighted by Gasteiger charge is -2.10. The van der Waals surface area contributed by atoms with Crippen LogP contribution in [0.25, 0.3) is 0 Å². The second-order valence-corrected chi connectivity index (χ2v) is 4.67. The number of rotatable bonds is 10. The summed E-state index contributed by atoms with van der Waals surface area (Å²) in [6, 6.07) is 0. The van der Waals surface area contributed by atoms with E-state index in [0.29, 0.717) is 0 Å². The third kappa shape index (κ3) is 13.1. The van der Waals surface area contributed by atoms with E-state index in [-0.39, 0.29) is 12.1 Å². The fraction of sp³-hybridized carbons (Fsp3) is 0.800. The van der Waals surface area contributed by atoms with E-state index in [4.69, 9.17) is 4.74 Å². The van der Waals surface area contributed by atoms with E-state index in [9.17, 15) is 4.79 Å². The number of ether oxygens (including phenoxy) is 1. The second kappa shape index (κ2) is 11.7. The van der Waals surface area contributed by atoms with E-state index in [1.807, 2.05) is 6.92 Å². The number of hydrogen-bond acceptors (Lipinski definition) is 2. The summed E-state index contributed by atoms with van der Waals surface area (Å²) < 4.78 is 5.07. The lowest BCUT2D eigenvalue weighted by Crippen LogP contribution is -2.11. The molecule has 1 atom stereocenters. The van der Waals surface area contributed by atoms with E-state index in [0.717, 1.165) is 12.8 Å². The molecule has 0 spiro atoms. The number of allylic oxidation sites excluding steroid dienone is 2. The van der Waals surface area contributed by atoms with Crippen LogP contribution in [0.1, 0.15) is 72.1 Å². The summed E-state index contributed by atoms with van der Waals surface area (Å²) in [7, 11) is 0. The van der Waals surface area contributed by atoms with E-state index < -0.39 is 0 Å². The van der Waals surface area contributed by atoms with E-state index >= 15 is 0 Å². The monoisotopic (exact) mass is 240 g/mol. The number of esters is 1. The standard InChI is InChI=1S/C15H28O2/c1-4-5-6-7-8-9-10-11-12-13-14(2)17-15(3)16/h6-7,14H,4-5,8-13H2,1-3H3/b7-6+. The summed E-state index contributed by atoms with van der Waals surface area (Å²) in [5.74, 6) is -0.168. The van der Waals surface area contributed by atoms with Gasteiger partial charge in [0.1, 0.15) is 0 Å². The topological polar surface area (TPSA) is 26.3 Å². The zero-order valence-corrected chi connectivity index (χ0v) is 11.7. The number of carbonyl (C=O) groups is 1. The molecule has 0 rings (SSSR count). The summed E-state index contributed by atoms with van der Waals surface area (Å²) >= 11 is 0. The smallest absolute Gasteiger partial charge is 0.302 e. The van der Waals surface area contributed by atoms with Crippen molar-refractivity contribution in [3.05, 3.63) is 12.2 Å². The van der Waals surface area contributed by atoms with Gasteiger partial charge in [-0.2, -0.15) is 0 Å². The molecule has 0 saturated heterocycles. The molecule has 17 heavy (non-hydrogen) atoms. The van der Waals surface area contributed by atoms with Crippen molar-refractivity contribution < 1.29 is 9.53 Å². The Morgan fingerprint density at radius 1 is 1.12 bits per heavy atom. The zero-order valence-electron chi connectivity index (χ0n) is 11.7. The fourth-order valence-corrected chi connectivity index (χ4v) is 1.79. The highest BCUT2D eigenvalue weighted by Gasteiger charge is 2.03. The Bertz CT molecular complexity index is 209. The Balaban J connectivity index is 3.20. The summed E-state index contributed by atoms with van der Waals surface area (Å²) in [5.41, 5.74) is 0. The molecule has 0 fully saturated rings. The molecule has 0 N–H and O–H groups in total. The maximum atomic E-state index is 10.7. The van der Waals surface area contributed by atoms with Crippen LogP contribution in [-0.4, -0.2) is 12.1 Å². The van der Waals surface area contributed by atoms with E-state index in [2.05, 4.69) is 19.1 Å². The lowest BCUT2D eigenvalue weighted by atomic mass is 10.1. The van der Waals surface area contributed by atoms with Gasteiger partial charge < -0.3 is 4.74 Å². The van der Waals surface area contributed by atoms with Gasteiger partial charge in [-0.15, -0.1) is 0 Å². The van der Waals surface area contributed by atoms with Gasteiger partial charge in [-0.05, 0) is 39.0 Å². The SMILES string of the molecule is CCC/C=C/CCCCCCC(C)OC(C)=O. The van der Waals surface area contributed by atoms with Crippen molar-refractivity contribution in [1.29, 1.82) is 0 Å². The molecule has 0 saturated carbocycles. The molecule has 0 heterocycles. The zero-order chi connectivity index (χ0) is 12.9. The van der Waals surface area contributed by atoms with Crippen LogP contribution in [-0.2, 0) is 9.53 Å². The molecule has 2 nitrogen and oxygen atoms in total. The van der Waals surface area contributed by atoms with Crippen molar-refractivity contribution in [2.24, 2.45) is 0 Å². The Kier molecular flexibility index (Phi) is 11.1. The van der Waals surface area contributed by atoms with Crippen molar-refractivity contribution in [3.63, 3.8) is 0 Å². The Morgan fingerprint density at radius 2 is 1.76 bits per heavy atom. The van der Waals surface area contributed by atoms with Gasteiger partial charge in [-0.3, -0.25) is 4.79 Å². The van der Waals surface area contributed by atoms with Crippen molar-refractivity contribution >= 4 is 5.97 Å². The first kappa shape index (κ1) is 16.2. The molecular formula is C15H28O2. The largest absolute Gasteiger partial charge is 0.463 e. The van der Waals surface area contributed by atoms with Gasteiger partial charge in [0.2, 0.25) is 0 Å². The maximum Gasteiger partial charge on any atom is 0.302 e. The highest BCUT2D eigenvalue weighted by atomic mass is 16.5. The van der Waals surface area contributed by atoms with Crippen molar-refractivity contribution in [2.45, 2.75) is 78.2 Å². The number of carbonyl (C=O) groups excluding carboxylic acids is 1. The maximum absolute atomic E-state index is 10.7. The third-order valence-electron chi connectivity index (χ3n) is 2.72. The number of hydrogen-bond donors (Lipinski definition) is 0. The minimum Gasteiger partial charge on any atom is -0.463 e. The molecule has 0 bridgehead atoms. The van der Waals surface area contributed by atoms with Crippen LogP contribution in [0.15, 0.2) is 12.2 Å². The van der Waals surface area contributed by atoms with Crippen LogP contribution in [0, 0.1) is 0 Å².